The number of morpholine rings is 1. The van der Waals surface area contributed by atoms with E-state index in [0.29, 0.717) is 18.1 Å². The largest absolute Gasteiger partial charge is 0.379 e. The molecule has 1 aliphatic heterocycles. The van der Waals surface area contributed by atoms with Gasteiger partial charge in [-0.15, -0.1) is 0 Å². The molecule has 1 aliphatic rings. The second kappa shape index (κ2) is 12.6. The highest BCUT2D eigenvalue weighted by Crippen LogP contribution is 2.19. The summed E-state index contributed by atoms with van der Waals surface area (Å²) >= 11 is 5.83. The van der Waals surface area contributed by atoms with Crippen molar-refractivity contribution in [2.24, 2.45) is 5.73 Å². The van der Waals surface area contributed by atoms with Crippen LogP contribution in [0.2, 0.25) is 0 Å². The van der Waals surface area contributed by atoms with Gasteiger partial charge in [0.25, 0.3) is 0 Å². The molecule has 0 saturated carbocycles. The molecular formula is C28H34N4O2S. The maximum absolute atomic E-state index is 12.7. The summed E-state index contributed by atoms with van der Waals surface area (Å²) in [5, 5.41) is 6.29. The summed E-state index contributed by atoms with van der Waals surface area (Å²) in [6.07, 6.45) is 1.46. The van der Waals surface area contributed by atoms with Gasteiger partial charge in [-0.3, -0.25) is 9.69 Å². The van der Waals surface area contributed by atoms with Crippen LogP contribution in [0.4, 0.5) is 0 Å². The van der Waals surface area contributed by atoms with Gasteiger partial charge < -0.3 is 20.7 Å². The highest BCUT2D eigenvalue weighted by Gasteiger charge is 2.27. The molecule has 6 nitrogen and oxygen atoms in total. The van der Waals surface area contributed by atoms with Crippen molar-refractivity contribution in [1.29, 1.82) is 0 Å². The van der Waals surface area contributed by atoms with Gasteiger partial charge in [0.15, 0.2) is 5.11 Å². The van der Waals surface area contributed by atoms with Crippen molar-refractivity contribution in [1.82, 2.24) is 15.1 Å². The number of carbonyl (C=O) groups is 1. The van der Waals surface area contributed by atoms with Gasteiger partial charge in [0.1, 0.15) is 6.04 Å². The number of hydrogen-bond acceptors (Lipinski definition) is 4. The number of benzene rings is 3. The van der Waals surface area contributed by atoms with E-state index < -0.39 is 6.04 Å². The van der Waals surface area contributed by atoms with Gasteiger partial charge in [-0.05, 0) is 53.1 Å². The lowest BCUT2D eigenvalue weighted by molar-refractivity contribution is -0.122. The van der Waals surface area contributed by atoms with Crippen molar-refractivity contribution < 1.29 is 9.53 Å². The fraction of sp³-hybridized carbons (Fsp3) is 0.357. The Hall–Kier alpha value is -3.00. The second-order valence-corrected chi connectivity index (χ2v) is 9.34. The van der Waals surface area contributed by atoms with Crippen molar-refractivity contribution in [2.75, 3.05) is 39.4 Å². The third kappa shape index (κ3) is 7.24. The van der Waals surface area contributed by atoms with Gasteiger partial charge in [-0.1, -0.05) is 66.7 Å². The molecule has 1 saturated heterocycles. The Morgan fingerprint density at radius 3 is 2.46 bits per heavy atom. The topological polar surface area (TPSA) is 70.8 Å². The van der Waals surface area contributed by atoms with Crippen molar-refractivity contribution >= 4 is 34.0 Å². The molecule has 3 aromatic carbocycles. The Kier molecular flexibility index (Phi) is 9.06. The minimum Gasteiger partial charge on any atom is -0.379 e. The van der Waals surface area contributed by atoms with E-state index >= 15 is 0 Å². The molecule has 1 heterocycles. The average molecular weight is 491 g/mol. The number of hydrogen-bond donors (Lipinski definition) is 2. The van der Waals surface area contributed by atoms with Crippen LogP contribution in [0.5, 0.6) is 0 Å². The van der Waals surface area contributed by atoms with E-state index in [4.69, 9.17) is 22.7 Å². The van der Waals surface area contributed by atoms with Gasteiger partial charge in [0, 0.05) is 32.6 Å². The van der Waals surface area contributed by atoms with Crippen molar-refractivity contribution in [3.8, 4) is 0 Å². The summed E-state index contributed by atoms with van der Waals surface area (Å²) in [5.41, 5.74) is 8.07. The summed E-state index contributed by atoms with van der Waals surface area (Å²) in [6, 6.07) is 24.0. The monoisotopic (exact) mass is 490 g/mol. The van der Waals surface area contributed by atoms with E-state index in [1.807, 2.05) is 47.4 Å². The zero-order chi connectivity index (χ0) is 24.5. The first-order valence-electron chi connectivity index (χ1n) is 12.3. The lowest BCUT2D eigenvalue weighted by atomic mass is 10.0. The Labute approximate surface area is 213 Å². The molecule has 1 unspecified atom stereocenters. The summed E-state index contributed by atoms with van der Waals surface area (Å²) in [5.74, 6) is -0.382. The average Bonchev–Trinajstić information content (AvgIpc) is 2.89. The maximum Gasteiger partial charge on any atom is 0.240 e. The summed E-state index contributed by atoms with van der Waals surface area (Å²) in [6.45, 7) is 5.77. The van der Waals surface area contributed by atoms with E-state index in [2.05, 4.69) is 40.5 Å². The predicted molar refractivity (Wildman–Crippen MR) is 145 cm³/mol. The fourth-order valence-electron chi connectivity index (χ4n) is 4.48. The number of fused-ring (bicyclic) bond motifs is 1. The Morgan fingerprint density at radius 1 is 1.00 bits per heavy atom. The number of amides is 1. The van der Waals surface area contributed by atoms with Crippen LogP contribution in [0, 0.1) is 0 Å². The highest BCUT2D eigenvalue weighted by atomic mass is 32.1. The fourth-order valence-corrected chi connectivity index (χ4v) is 4.78. The van der Waals surface area contributed by atoms with Crippen LogP contribution in [0.25, 0.3) is 10.8 Å². The van der Waals surface area contributed by atoms with E-state index in [9.17, 15) is 4.79 Å². The van der Waals surface area contributed by atoms with Crippen LogP contribution in [-0.4, -0.2) is 66.3 Å². The maximum atomic E-state index is 12.7. The zero-order valence-corrected chi connectivity index (χ0v) is 20.9. The quantitative estimate of drug-likeness (QED) is 0.336. The van der Waals surface area contributed by atoms with E-state index in [1.165, 1.54) is 5.39 Å². The van der Waals surface area contributed by atoms with Crippen LogP contribution >= 0.6 is 12.2 Å². The molecule has 7 heteroatoms. The van der Waals surface area contributed by atoms with Crippen LogP contribution < -0.4 is 11.1 Å². The van der Waals surface area contributed by atoms with Crippen LogP contribution in [0.15, 0.2) is 72.8 Å². The number of nitrogens with one attached hydrogen (secondary N) is 1. The normalized spacial score (nSPS) is 15.0. The molecule has 0 aromatic heterocycles. The zero-order valence-electron chi connectivity index (χ0n) is 20.1. The molecule has 3 aromatic rings. The van der Waals surface area contributed by atoms with Crippen molar-refractivity contribution in [3.05, 3.63) is 83.9 Å². The number of ether oxygens (including phenoxy) is 1. The number of carbonyl (C=O) groups excluding carboxylic acids is 1. The molecule has 4 rings (SSSR count). The van der Waals surface area contributed by atoms with Crippen molar-refractivity contribution in [2.45, 2.75) is 25.4 Å². The molecule has 184 valence electrons. The highest BCUT2D eigenvalue weighted by molar-refractivity contribution is 7.80. The number of thiocarbonyl (C=S) groups is 1. The smallest absolute Gasteiger partial charge is 0.240 e. The number of primary amides is 1. The molecule has 0 aliphatic carbocycles. The number of nitrogens with two attached hydrogens (primary N) is 1. The van der Waals surface area contributed by atoms with E-state index in [0.717, 1.165) is 62.3 Å². The second-order valence-electron chi connectivity index (χ2n) is 8.96. The Morgan fingerprint density at radius 2 is 1.71 bits per heavy atom. The first kappa shape index (κ1) is 25.1. The Balaban J connectivity index is 1.48. The summed E-state index contributed by atoms with van der Waals surface area (Å²) in [7, 11) is 0. The molecule has 1 fully saturated rings. The van der Waals surface area contributed by atoms with E-state index in [-0.39, 0.29) is 5.91 Å². The minimum absolute atomic E-state index is 0.382. The molecule has 1 amide bonds. The SMILES string of the molecule is NC(=O)C(Cc1ccccc1)N(Cc1ccc2ccccc2c1)C(=S)NCCCN1CCOCC1. The van der Waals surface area contributed by atoms with Crippen LogP contribution in [0.1, 0.15) is 17.5 Å². The molecule has 0 bridgehead atoms. The number of nitrogens with zero attached hydrogens (tertiary/aromatic N) is 2. The Bertz CT molecular complexity index is 1120. The molecular weight excluding hydrogens is 456 g/mol. The first-order valence-corrected chi connectivity index (χ1v) is 12.7. The predicted octanol–water partition coefficient (Wildman–Crippen LogP) is 3.34. The standard InChI is InChI=1S/C28H34N4O2S/c29-27(33)26(20-22-7-2-1-3-8-22)32(21-23-11-12-24-9-4-5-10-25(24)19-23)28(35)30-13-6-14-31-15-17-34-18-16-31/h1-5,7-12,19,26H,6,13-18,20-21H2,(H2,29,33)(H,30,35). The lowest BCUT2D eigenvalue weighted by Crippen LogP contribution is -2.52. The lowest BCUT2D eigenvalue weighted by Gasteiger charge is -2.33. The van der Waals surface area contributed by atoms with Gasteiger partial charge in [0.05, 0.1) is 13.2 Å². The van der Waals surface area contributed by atoms with Crippen LogP contribution in [0.3, 0.4) is 0 Å². The minimum atomic E-state index is -0.553. The van der Waals surface area contributed by atoms with Gasteiger partial charge in [0.2, 0.25) is 5.91 Å². The van der Waals surface area contributed by atoms with Crippen molar-refractivity contribution in [3.63, 3.8) is 0 Å². The molecule has 1 atom stereocenters. The van der Waals surface area contributed by atoms with Gasteiger partial charge in [-0.2, -0.15) is 0 Å². The molecule has 3 N–H and O–H groups in total. The van der Waals surface area contributed by atoms with E-state index in [1.54, 1.807) is 0 Å². The van der Waals surface area contributed by atoms with Gasteiger partial charge >= 0.3 is 0 Å². The third-order valence-corrected chi connectivity index (χ3v) is 6.81. The van der Waals surface area contributed by atoms with Crippen LogP contribution in [-0.2, 0) is 22.5 Å². The van der Waals surface area contributed by atoms with Gasteiger partial charge in [-0.25, -0.2) is 0 Å². The summed E-state index contributed by atoms with van der Waals surface area (Å²) in [4.78, 5) is 17.0. The number of rotatable bonds is 10. The first-order chi connectivity index (χ1) is 17.1. The third-order valence-electron chi connectivity index (χ3n) is 6.44. The molecule has 0 radical (unpaired) electrons. The summed E-state index contributed by atoms with van der Waals surface area (Å²) < 4.78 is 5.43. The molecule has 0 spiro atoms. The molecule has 35 heavy (non-hydrogen) atoms.